The molecule has 2 amide bonds. The van der Waals surface area contributed by atoms with Crippen LogP contribution in [0.15, 0.2) is 42.7 Å². The molecule has 2 aliphatic carbocycles. The normalized spacial score (nSPS) is 26.5. The second-order valence-corrected chi connectivity index (χ2v) is 11.0. The maximum Gasteiger partial charge on any atom is 0.320 e. The van der Waals surface area contributed by atoms with Crippen molar-refractivity contribution < 1.29 is 9.53 Å². The lowest BCUT2D eigenvalue weighted by molar-refractivity contribution is 0.0160. The molecular formula is C28H40N6O2. The van der Waals surface area contributed by atoms with Gasteiger partial charge in [0.05, 0.1) is 25.0 Å². The number of nitrogens with one attached hydrogen (secondary N) is 1. The topological polar surface area (TPSA) is 73.8 Å². The molecular weight excluding hydrogens is 452 g/mol. The molecule has 2 heterocycles. The summed E-state index contributed by atoms with van der Waals surface area (Å²) in [5.41, 5.74) is 1.34. The number of methoxy groups -OCH3 is 1. The predicted octanol–water partition coefficient (Wildman–Crippen LogP) is 4.20. The molecule has 3 aliphatic rings. The highest BCUT2D eigenvalue weighted by Gasteiger charge is 2.54. The molecule has 1 aromatic carbocycles. The summed E-state index contributed by atoms with van der Waals surface area (Å²) in [7, 11) is 5.99. The van der Waals surface area contributed by atoms with Gasteiger partial charge in [-0.1, -0.05) is 36.8 Å². The van der Waals surface area contributed by atoms with Gasteiger partial charge in [0, 0.05) is 31.7 Å². The summed E-state index contributed by atoms with van der Waals surface area (Å²) < 4.78 is 5.17. The minimum Gasteiger partial charge on any atom is -0.480 e. The van der Waals surface area contributed by atoms with E-state index < -0.39 is 0 Å². The van der Waals surface area contributed by atoms with Gasteiger partial charge in [-0.3, -0.25) is 9.88 Å². The van der Waals surface area contributed by atoms with Gasteiger partial charge in [-0.05, 0) is 64.1 Å². The van der Waals surface area contributed by atoms with Crippen molar-refractivity contribution in [2.24, 2.45) is 5.92 Å². The number of nitrogens with zero attached hydrogens (tertiary/aromatic N) is 5. The first-order valence-corrected chi connectivity index (χ1v) is 13.4. The van der Waals surface area contributed by atoms with Gasteiger partial charge in [0.25, 0.3) is 0 Å². The summed E-state index contributed by atoms with van der Waals surface area (Å²) in [6.07, 6.45) is 11.3. The highest BCUT2D eigenvalue weighted by atomic mass is 16.5. The zero-order chi connectivity index (χ0) is 25.2. The van der Waals surface area contributed by atoms with Crippen molar-refractivity contribution in [1.29, 1.82) is 0 Å². The van der Waals surface area contributed by atoms with Crippen LogP contribution >= 0.6 is 0 Å². The second kappa shape index (κ2) is 10.2. The quantitative estimate of drug-likeness (QED) is 0.566. The minimum absolute atomic E-state index is 0.0255. The number of ether oxygens (including phenoxy) is 1. The second-order valence-electron chi connectivity index (χ2n) is 11.0. The van der Waals surface area contributed by atoms with Crippen LogP contribution in [0.25, 0.3) is 0 Å². The van der Waals surface area contributed by atoms with Gasteiger partial charge < -0.3 is 19.9 Å². The lowest BCUT2D eigenvalue weighted by Gasteiger charge is -2.51. The number of carbonyl (C=O) groups excluding carboxylic acids is 1. The fourth-order valence-corrected chi connectivity index (χ4v) is 6.41. The lowest BCUT2D eigenvalue weighted by atomic mass is 9.68. The Bertz CT molecular complexity index is 1030. The van der Waals surface area contributed by atoms with Crippen molar-refractivity contribution in [3.8, 4) is 5.88 Å². The Hall–Kier alpha value is -2.87. The minimum atomic E-state index is -0.0727. The zero-order valence-electron chi connectivity index (χ0n) is 21.9. The van der Waals surface area contributed by atoms with E-state index in [4.69, 9.17) is 4.74 Å². The van der Waals surface area contributed by atoms with E-state index in [0.29, 0.717) is 30.7 Å². The molecule has 5 rings (SSSR count). The van der Waals surface area contributed by atoms with Crippen LogP contribution < -0.4 is 10.1 Å². The van der Waals surface area contributed by atoms with Gasteiger partial charge in [0.1, 0.15) is 5.82 Å². The highest BCUT2D eigenvalue weighted by Crippen LogP contribution is 2.49. The Morgan fingerprint density at radius 2 is 1.86 bits per heavy atom. The fourth-order valence-electron chi connectivity index (χ4n) is 6.41. The number of hydrogen-bond acceptors (Lipinski definition) is 6. The average Bonchev–Trinajstić information content (AvgIpc) is 3.12. The van der Waals surface area contributed by atoms with Gasteiger partial charge >= 0.3 is 6.03 Å². The van der Waals surface area contributed by atoms with E-state index in [9.17, 15) is 4.79 Å². The van der Waals surface area contributed by atoms with E-state index in [-0.39, 0.29) is 17.1 Å². The summed E-state index contributed by atoms with van der Waals surface area (Å²) in [4.78, 5) is 29.0. The molecule has 0 radical (unpaired) electrons. The largest absolute Gasteiger partial charge is 0.480 e. The molecule has 0 unspecified atom stereocenters. The Balaban J connectivity index is 1.30. The molecule has 1 saturated heterocycles. The first kappa shape index (κ1) is 24.8. The van der Waals surface area contributed by atoms with Crippen LogP contribution in [0.1, 0.15) is 50.5 Å². The maximum atomic E-state index is 13.7. The van der Waals surface area contributed by atoms with Crippen molar-refractivity contribution >= 4 is 11.8 Å². The number of anilines is 1. The van der Waals surface area contributed by atoms with Crippen LogP contribution in [0.2, 0.25) is 0 Å². The third-order valence-corrected chi connectivity index (χ3v) is 8.91. The fraction of sp³-hybridized carbons (Fsp3) is 0.607. The van der Waals surface area contributed by atoms with E-state index in [1.807, 2.05) is 0 Å². The molecule has 1 aromatic heterocycles. The first-order valence-electron chi connectivity index (χ1n) is 13.4. The molecule has 0 atom stereocenters. The van der Waals surface area contributed by atoms with Crippen molar-refractivity contribution in [2.45, 2.75) is 56.0 Å². The number of benzene rings is 1. The molecule has 3 fully saturated rings. The van der Waals surface area contributed by atoms with E-state index in [2.05, 4.69) is 74.4 Å². The third-order valence-electron chi connectivity index (χ3n) is 8.91. The van der Waals surface area contributed by atoms with E-state index >= 15 is 0 Å². The molecule has 2 saturated carbocycles. The SMILES string of the molecule is COc1cncc(NCCN2CC3(CCC(c4ccccc4)(N(C)C)CC3)N(CC3CCC3)C2=O)n1. The highest BCUT2D eigenvalue weighted by molar-refractivity contribution is 5.78. The summed E-state index contributed by atoms with van der Waals surface area (Å²) in [5.74, 6) is 1.80. The molecule has 194 valence electrons. The van der Waals surface area contributed by atoms with E-state index in [1.54, 1.807) is 19.5 Å². The number of aromatic nitrogens is 2. The molecule has 1 spiro atoms. The van der Waals surface area contributed by atoms with Gasteiger partial charge in [0.15, 0.2) is 0 Å². The van der Waals surface area contributed by atoms with Crippen molar-refractivity contribution in [3.63, 3.8) is 0 Å². The van der Waals surface area contributed by atoms with Crippen molar-refractivity contribution in [3.05, 3.63) is 48.3 Å². The Labute approximate surface area is 215 Å². The summed E-state index contributed by atoms with van der Waals surface area (Å²) >= 11 is 0. The molecule has 36 heavy (non-hydrogen) atoms. The predicted molar refractivity (Wildman–Crippen MR) is 141 cm³/mol. The number of hydrogen-bond donors (Lipinski definition) is 1. The molecule has 8 heteroatoms. The van der Waals surface area contributed by atoms with Crippen molar-refractivity contribution in [1.82, 2.24) is 24.7 Å². The van der Waals surface area contributed by atoms with Crippen LogP contribution in [0.4, 0.5) is 10.6 Å². The van der Waals surface area contributed by atoms with E-state index in [0.717, 1.165) is 38.8 Å². The molecule has 2 aromatic rings. The Morgan fingerprint density at radius 3 is 2.50 bits per heavy atom. The lowest BCUT2D eigenvalue weighted by Crippen LogP contribution is -2.56. The van der Waals surface area contributed by atoms with Crippen LogP contribution in [-0.4, -0.2) is 83.6 Å². The van der Waals surface area contributed by atoms with Gasteiger partial charge in [-0.15, -0.1) is 0 Å². The molecule has 1 aliphatic heterocycles. The van der Waals surface area contributed by atoms with Gasteiger partial charge in [0.2, 0.25) is 5.88 Å². The van der Waals surface area contributed by atoms with Crippen LogP contribution in [-0.2, 0) is 5.54 Å². The molecule has 8 nitrogen and oxygen atoms in total. The monoisotopic (exact) mass is 492 g/mol. The van der Waals surface area contributed by atoms with Gasteiger partial charge in [-0.25, -0.2) is 4.79 Å². The van der Waals surface area contributed by atoms with Crippen LogP contribution in [0, 0.1) is 5.92 Å². The number of amides is 2. The molecule has 0 bridgehead atoms. The summed E-state index contributed by atoms with van der Waals surface area (Å²) in [6, 6.07) is 11.1. The van der Waals surface area contributed by atoms with Crippen LogP contribution in [0.5, 0.6) is 5.88 Å². The number of carbonyl (C=O) groups is 1. The third kappa shape index (κ3) is 4.63. The average molecular weight is 493 g/mol. The first-order chi connectivity index (χ1) is 17.5. The van der Waals surface area contributed by atoms with Gasteiger partial charge in [-0.2, -0.15) is 4.98 Å². The Kier molecular flexibility index (Phi) is 7.06. The summed E-state index contributed by atoms with van der Waals surface area (Å²) in [5, 5.41) is 3.31. The smallest absolute Gasteiger partial charge is 0.320 e. The number of rotatable bonds is 9. The number of urea groups is 1. The summed E-state index contributed by atoms with van der Waals surface area (Å²) in [6.45, 7) is 3.00. The van der Waals surface area contributed by atoms with E-state index in [1.165, 1.54) is 24.8 Å². The standard InChI is InChI=1S/C28H40N6O2/c1-32(2)28(23-10-5-4-6-11-23)14-12-27(13-15-28)21-33(26(35)34(27)20-22-8-7-9-22)17-16-30-24-18-29-19-25(31-24)36-3/h4-6,10-11,18-19,22H,7-9,12-17,20-21H2,1-3H3,(H,30,31). The maximum absolute atomic E-state index is 13.7. The Morgan fingerprint density at radius 1 is 1.11 bits per heavy atom. The van der Waals surface area contributed by atoms with Crippen molar-refractivity contribution in [2.75, 3.05) is 52.7 Å². The molecule has 1 N–H and O–H groups in total. The zero-order valence-corrected chi connectivity index (χ0v) is 21.9. The van der Waals surface area contributed by atoms with Crippen LogP contribution in [0.3, 0.4) is 0 Å².